The molecule has 0 radical (unpaired) electrons. The average Bonchev–Trinajstić information content (AvgIpc) is 2.98. The van der Waals surface area contributed by atoms with Crippen LogP contribution in [0.4, 0.5) is 0 Å². The van der Waals surface area contributed by atoms with Crippen LogP contribution in [0, 0.1) is 5.92 Å². The number of rotatable bonds is 4. The van der Waals surface area contributed by atoms with Crippen LogP contribution < -0.4 is 0 Å². The number of hydrogen-bond donors (Lipinski definition) is 1. The van der Waals surface area contributed by atoms with Gasteiger partial charge in [0.25, 0.3) is 10.0 Å². The molecule has 0 amide bonds. The maximum Gasteiger partial charge on any atom is 0.356 e. The maximum atomic E-state index is 12.3. The van der Waals surface area contributed by atoms with Gasteiger partial charge < -0.3 is 5.11 Å². The van der Waals surface area contributed by atoms with Gasteiger partial charge in [-0.3, -0.25) is 0 Å². The van der Waals surface area contributed by atoms with Gasteiger partial charge in [-0.2, -0.15) is 4.31 Å². The third-order valence-electron chi connectivity index (χ3n) is 3.14. The molecule has 100 valence electrons. The highest BCUT2D eigenvalue weighted by Gasteiger charge is 2.35. The Morgan fingerprint density at radius 2 is 2.39 bits per heavy atom. The lowest BCUT2D eigenvalue weighted by molar-refractivity contribution is 0.0687. The number of carboxylic acid groups (broad SMARTS) is 1. The SMILES string of the molecule is CCC1CCN(S(=O)(=O)c2scnc2C(=O)O)C1. The van der Waals surface area contributed by atoms with Crippen molar-refractivity contribution in [2.24, 2.45) is 5.92 Å². The molecular formula is C10H14N2O4S2. The Labute approximate surface area is 109 Å². The number of nitrogens with zero attached hydrogens (tertiary/aromatic N) is 2. The van der Waals surface area contributed by atoms with Gasteiger partial charge in [0.2, 0.25) is 0 Å². The standard InChI is InChI=1S/C10H14N2O4S2/c1-2-7-3-4-12(5-7)18(15,16)10-8(9(13)14)11-6-17-10/h6-7H,2-5H2,1H3,(H,13,14). The van der Waals surface area contributed by atoms with E-state index in [-0.39, 0.29) is 9.90 Å². The molecule has 0 aromatic carbocycles. The second kappa shape index (κ2) is 4.94. The lowest BCUT2D eigenvalue weighted by Crippen LogP contribution is -2.29. The van der Waals surface area contributed by atoms with Crippen LogP contribution in [0.1, 0.15) is 30.3 Å². The molecule has 18 heavy (non-hydrogen) atoms. The van der Waals surface area contributed by atoms with Crippen molar-refractivity contribution in [3.05, 3.63) is 11.2 Å². The van der Waals surface area contributed by atoms with E-state index >= 15 is 0 Å². The van der Waals surface area contributed by atoms with Gasteiger partial charge in [0.1, 0.15) is 0 Å². The Balaban J connectivity index is 2.32. The summed E-state index contributed by atoms with van der Waals surface area (Å²) in [5.41, 5.74) is 0.879. The van der Waals surface area contributed by atoms with Crippen LogP contribution in [0.2, 0.25) is 0 Å². The lowest BCUT2D eigenvalue weighted by atomic mass is 10.1. The highest BCUT2D eigenvalue weighted by molar-refractivity contribution is 7.91. The second-order valence-corrected chi connectivity index (χ2v) is 7.21. The molecular weight excluding hydrogens is 276 g/mol. The highest BCUT2D eigenvalue weighted by Crippen LogP contribution is 2.29. The summed E-state index contributed by atoms with van der Waals surface area (Å²) in [6, 6.07) is 0. The van der Waals surface area contributed by atoms with E-state index in [0.29, 0.717) is 19.0 Å². The summed E-state index contributed by atoms with van der Waals surface area (Å²) in [5.74, 6) is -0.943. The molecule has 1 aliphatic heterocycles. The fourth-order valence-corrected chi connectivity index (χ4v) is 4.84. The Morgan fingerprint density at radius 1 is 1.67 bits per heavy atom. The minimum atomic E-state index is -3.71. The first-order valence-corrected chi connectivity index (χ1v) is 7.95. The predicted octanol–water partition coefficient (Wildman–Crippen LogP) is 1.26. The Kier molecular flexibility index (Phi) is 3.69. The highest BCUT2D eigenvalue weighted by atomic mass is 32.2. The first-order chi connectivity index (χ1) is 8.46. The number of carboxylic acids is 1. The number of hydrogen-bond acceptors (Lipinski definition) is 5. The van der Waals surface area contributed by atoms with E-state index in [1.165, 1.54) is 9.82 Å². The lowest BCUT2D eigenvalue weighted by Gasteiger charge is -2.15. The zero-order valence-electron chi connectivity index (χ0n) is 9.87. The molecule has 0 saturated carbocycles. The van der Waals surface area contributed by atoms with Gasteiger partial charge in [0, 0.05) is 13.1 Å². The first kappa shape index (κ1) is 13.4. The fraction of sp³-hybridized carbons (Fsp3) is 0.600. The van der Waals surface area contributed by atoms with Crippen LogP contribution in [0.5, 0.6) is 0 Å². The number of aromatic carboxylic acids is 1. The Bertz CT molecular complexity index is 552. The van der Waals surface area contributed by atoms with Gasteiger partial charge in [-0.1, -0.05) is 13.3 Å². The van der Waals surface area contributed by atoms with Gasteiger partial charge in [0.05, 0.1) is 5.51 Å². The van der Waals surface area contributed by atoms with Crippen LogP contribution in [0.15, 0.2) is 9.72 Å². The molecule has 1 fully saturated rings. The molecule has 0 spiro atoms. The summed E-state index contributed by atoms with van der Waals surface area (Å²) in [4.78, 5) is 14.5. The fourth-order valence-electron chi connectivity index (χ4n) is 2.03. The van der Waals surface area contributed by atoms with Crippen molar-refractivity contribution in [3.8, 4) is 0 Å². The van der Waals surface area contributed by atoms with Crippen molar-refractivity contribution >= 4 is 27.3 Å². The quantitative estimate of drug-likeness (QED) is 0.902. The van der Waals surface area contributed by atoms with E-state index in [1.54, 1.807) is 0 Å². The molecule has 0 bridgehead atoms. The van der Waals surface area contributed by atoms with Gasteiger partial charge >= 0.3 is 5.97 Å². The second-order valence-electron chi connectivity index (χ2n) is 4.22. The summed E-state index contributed by atoms with van der Waals surface area (Å²) < 4.78 is 25.8. The van der Waals surface area contributed by atoms with Crippen molar-refractivity contribution in [1.82, 2.24) is 9.29 Å². The van der Waals surface area contributed by atoms with E-state index in [4.69, 9.17) is 5.11 Å². The van der Waals surface area contributed by atoms with Crippen molar-refractivity contribution < 1.29 is 18.3 Å². The third kappa shape index (κ3) is 2.27. The largest absolute Gasteiger partial charge is 0.476 e. The monoisotopic (exact) mass is 290 g/mol. The summed E-state index contributed by atoms with van der Waals surface area (Å²) in [6.45, 7) is 2.95. The topological polar surface area (TPSA) is 87.6 Å². The zero-order valence-corrected chi connectivity index (χ0v) is 11.5. The summed E-state index contributed by atoms with van der Waals surface area (Å²) in [5, 5.41) is 8.92. The van der Waals surface area contributed by atoms with E-state index in [0.717, 1.165) is 24.2 Å². The predicted molar refractivity (Wildman–Crippen MR) is 66.2 cm³/mol. The first-order valence-electron chi connectivity index (χ1n) is 5.63. The molecule has 6 nitrogen and oxygen atoms in total. The molecule has 1 saturated heterocycles. The third-order valence-corrected chi connectivity index (χ3v) is 6.35. The van der Waals surface area contributed by atoms with Crippen LogP contribution >= 0.6 is 11.3 Å². The minimum absolute atomic E-state index is 0.160. The van der Waals surface area contributed by atoms with Crippen molar-refractivity contribution in [1.29, 1.82) is 0 Å². The summed E-state index contributed by atoms with van der Waals surface area (Å²) in [7, 11) is -3.71. The Hall–Kier alpha value is -0.990. The minimum Gasteiger partial charge on any atom is -0.476 e. The van der Waals surface area contributed by atoms with Crippen LogP contribution in [-0.2, 0) is 10.0 Å². The number of aromatic nitrogens is 1. The molecule has 8 heteroatoms. The van der Waals surface area contributed by atoms with Crippen molar-refractivity contribution in [3.63, 3.8) is 0 Å². The number of carbonyl (C=O) groups is 1. The van der Waals surface area contributed by atoms with E-state index in [1.807, 2.05) is 6.92 Å². The van der Waals surface area contributed by atoms with Gasteiger partial charge in [0.15, 0.2) is 9.90 Å². The van der Waals surface area contributed by atoms with E-state index in [9.17, 15) is 13.2 Å². The Morgan fingerprint density at radius 3 is 2.94 bits per heavy atom. The smallest absolute Gasteiger partial charge is 0.356 e. The molecule has 0 aliphatic carbocycles. The molecule has 1 N–H and O–H groups in total. The molecule has 1 unspecified atom stereocenters. The van der Waals surface area contributed by atoms with Gasteiger partial charge in [-0.25, -0.2) is 18.2 Å². The van der Waals surface area contributed by atoms with Gasteiger partial charge in [-0.05, 0) is 12.3 Å². The van der Waals surface area contributed by atoms with Crippen LogP contribution in [0.3, 0.4) is 0 Å². The molecule has 1 aromatic heterocycles. The van der Waals surface area contributed by atoms with Crippen LogP contribution in [0.25, 0.3) is 0 Å². The molecule has 1 atom stereocenters. The average molecular weight is 290 g/mol. The zero-order chi connectivity index (χ0) is 13.3. The van der Waals surface area contributed by atoms with E-state index in [2.05, 4.69) is 4.98 Å². The number of thiazole rings is 1. The van der Waals surface area contributed by atoms with Crippen LogP contribution in [-0.4, -0.2) is 41.9 Å². The van der Waals surface area contributed by atoms with E-state index < -0.39 is 16.0 Å². The normalized spacial score (nSPS) is 21.3. The number of sulfonamides is 1. The maximum absolute atomic E-state index is 12.3. The molecule has 2 heterocycles. The van der Waals surface area contributed by atoms with Gasteiger partial charge in [-0.15, -0.1) is 11.3 Å². The summed E-state index contributed by atoms with van der Waals surface area (Å²) in [6.07, 6.45) is 1.76. The molecule has 1 aromatic rings. The van der Waals surface area contributed by atoms with Crippen molar-refractivity contribution in [2.45, 2.75) is 24.0 Å². The molecule has 2 rings (SSSR count). The van der Waals surface area contributed by atoms with Crippen molar-refractivity contribution in [2.75, 3.05) is 13.1 Å². The molecule has 1 aliphatic rings. The summed E-state index contributed by atoms with van der Waals surface area (Å²) >= 11 is 0.859.